The summed E-state index contributed by atoms with van der Waals surface area (Å²) in [5.74, 6) is -3.82. The van der Waals surface area contributed by atoms with Gasteiger partial charge in [-0.05, 0) is 23.8 Å². The highest BCUT2D eigenvalue weighted by Crippen LogP contribution is 2.26. The van der Waals surface area contributed by atoms with E-state index in [1.54, 1.807) is 0 Å². The topological polar surface area (TPSA) is 130 Å². The Balaban J connectivity index is 2.74. The van der Waals surface area contributed by atoms with Crippen molar-refractivity contribution in [2.24, 2.45) is 0 Å². The SMILES string of the molecule is COc1cc(C=CC(=O)OC(CC(=O)O)C(=O)O)ccc1O. The molecule has 0 radical (unpaired) electrons. The molecule has 0 aliphatic rings. The van der Waals surface area contributed by atoms with E-state index in [1.807, 2.05) is 0 Å². The molecule has 0 aliphatic heterocycles. The number of methoxy groups -OCH3 is 1. The Labute approximate surface area is 125 Å². The Hall–Kier alpha value is -3.03. The van der Waals surface area contributed by atoms with Crippen molar-refractivity contribution in [3.05, 3.63) is 29.8 Å². The van der Waals surface area contributed by atoms with Crippen molar-refractivity contribution >= 4 is 24.0 Å². The lowest BCUT2D eigenvalue weighted by atomic mass is 10.2. The molecule has 1 unspecified atom stereocenters. The first-order valence-corrected chi connectivity index (χ1v) is 6.03. The number of aliphatic carboxylic acids is 2. The zero-order valence-electron chi connectivity index (χ0n) is 11.6. The monoisotopic (exact) mass is 310 g/mol. The van der Waals surface area contributed by atoms with Crippen LogP contribution in [0.4, 0.5) is 0 Å². The number of phenols is 1. The molecule has 0 aliphatic carbocycles. The summed E-state index contributed by atoms with van der Waals surface area (Å²) in [7, 11) is 1.36. The van der Waals surface area contributed by atoms with E-state index in [2.05, 4.69) is 4.74 Å². The number of benzene rings is 1. The maximum Gasteiger partial charge on any atom is 0.345 e. The van der Waals surface area contributed by atoms with Crippen LogP contribution in [0.25, 0.3) is 6.08 Å². The van der Waals surface area contributed by atoms with E-state index in [0.717, 1.165) is 6.08 Å². The van der Waals surface area contributed by atoms with Gasteiger partial charge in [0.25, 0.3) is 0 Å². The minimum absolute atomic E-state index is 0.0744. The van der Waals surface area contributed by atoms with Crippen LogP contribution in [0.15, 0.2) is 24.3 Å². The number of phenolic OH excluding ortho intramolecular Hbond substituents is 1. The second-order valence-corrected chi connectivity index (χ2v) is 4.13. The van der Waals surface area contributed by atoms with E-state index in [9.17, 15) is 19.5 Å². The van der Waals surface area contributed by atoms with Crippen LogP contribution in [-0.2, 0) is 19.1 Å². The van der Waals surface area contributed by atoms with Gasteiger partial charge < -0.3 is 24.8 Å². The first kappa shape index (κ1) is 17.0. The second kappa shape index (κ2) is 7.67. The van der Waals surface area contributed by atoms with Crippen LogP contribution in [0.5, 0.6) is 11.5 Å². The molecule has 0 saturated heterocycles. The van der Waals surface area contributed by atoms with E-state index in [4.69, 9.17) is 14.9 Å². The van der Waals surface area contributed by atoms with Gasteiger partial charge in [0.15, 0.2) is 11.5 Å². The van der Waals surface area contributed by atoms with E-state index < -0.39 is 30.4 Å². The van der Waals surface area contributed by atoms with E-state index >= 15 is 0 Å². The lowest BCUT2D eigenvalue weighted by molar-refractivity contribution is -0.164. The molecule has 1 aromatic rings. The summed E-state index contributed by atoms with van der Waals surface area (Å²) in [6.07, 6.45) is -0.334. The molecule has 22 heavy (non-hydrogen) atoms. The molecule has 1 atom stereocenters. The molecule has 1 aromatic carbocycles. The van der Waals surface area contributed by atoms with Crippen LogP contribution in [0.1, 0.15) is 12.0 Å². The average molecular weight is 310 g/mol. The third kappa shape index (κ3) is 5.16. The van der Waals surface area contributed by atoms with Crippen LogP contribution in [-0.4, -0.2) is 46.4 Å². The third-order valence-corrected chi connectivity index (χ3v) is 2.51. The van der Waals surface area contributed by atoms with E-state index in [0.29, 0.717) is 5.56 Å². The maximum atomic E-state index is 11.5. The summed E-state index contributed by atoms with van der Waals surface area (Å²) >= 11 is 0. The third-order valence-electron chi connectivity index (χ3n) is 2.51. The average Bonchev–Trinajstić information content (AvgIpc) is 2.45. The molecule has 0 bridgehead atoms. The maximum absolute atomic E-state index is 11.5. The molecule has 0 heterocycles. The molecular weight excluding hydrogens is 296 g/mol. The van der Waals surface area contributed by atoms with Crippen molar-refractivity contribution in [1.29, 1.82) is 0 Å². The molecule has 118 valence electrons. The Morgan fingerprint density at radius 1 is 1.27 bits per heavy atom. The minimum Gasteiger partial charge on any atom is -0.504 e. The Bertz CT molecular complexity index is 605. The van der Waals surface area contributed by atoms with Crippen LogP contribution in [0.2, 0.25) is 0 Å². The minimum atomic E-state index is -1.76. The highest BCUT2D eigenvalue weighted by Gasteiger charge is 2.24. The van der Waals surface area contributed by atoms with Crippen molar-refractivity contribution in [2.75, 3.05) is 7.11 Å². The molecule has 8 heteroatoms. The number of aromatic hydroxyl groups is 1. The lowest BCUT2D eigenvalue weighted by Crippen LogP contribution is -2.28. The summed E-state index contributed by atoms with van der Waals surface area (Å²) < 4.78 is 9.43. The van der Waals surface area contributed by atoms with Gasteiger partial charge in [-0.25, -0.2) is 9.59 Å². The zero-order valence-corrected chi connectivity index (χ0v) is 11.6. The predicted octanol–water partition coefficient (Wildman–Crippen LogP) is 0.885. The smallest absolute Gasteiger partial charge is 0.345 e. The van der Waals surface area contributed by atoms with Crippen LogP contribution in [0, 0.1) is 0 Å². The van der Waals surface area contributed by atoms with Gasteiger partial charge in [-0.2, -0.15) is 0 Å². The largest absolute Gasteiger partial charge is 0.504 e. The second-order valence-electron chi connectivity index (χ2n) is 4.13. The number of carboxylic acids is 2. The van der Waals surface area contributed by atoms with Crippen molar-refractivity contribution < 1.29 is 39.2 Å². The first-order valence-electron chi connectivity index (χ1n) is 6.03. The number of rotatable bonds is 7. The first-order chi connectivity index (χ1) is 10.3. The lowest BCUT2D eigenvalue weighted by Gasteiger charge is -2.09. The number of carbonyl (C=O) groups excluding carboxylic acids is 1. The molecule has 8 nitrogen and oxygen atoms in total. The summed E-state index contributed by atoms with van der Waals surface area (Å²) in [5, 5.41) is 26.7. The highest BCUT2D eigenvalue weighted by molar-refractivity contribution is 5.90. The number of hydrogen-bond donors (Lipinski definition) is 3. The number of esters is 1. The fourth-order valence-electron chi connectivity index (χ4n) is 1.48. The van der Waals surface area contributed by atoms with Gasteiger partial charge in [-0.1, -0.05) is 6.07 Å². The summed E-state index contributed by atoms with van der Waals surface area (Å²) in [6, 6.07) is 4.30. The summed E-state index contributed by atoms with van der Waals surface area (Å²) in [4.78, 5) is 32.7. The fourth-order valence-corrected chi connectivity index (χ4v) is 1.48. The van der Waals surface area contributed by atoms with Crippen molar-refractivity contribution in [1.82, 2.24) is 0 Å². The Kier molecular flexibility index (Phi) is 5.94. The van der Waals surface area contributed by atoms with Crippen molar-refractivity contribution in [3.8, 4) is 11.5 Å². The van der Waals surface area contributed by atoms with Crippen LogP contribution >= 0.6 is 0 Å². The van der Waals surface area contributed by atoms with E-state index in [-0.39, 0.29) is 11.5 Å². The van der Waals surface area contributed by atoms with E-state index in [1.165, 1.54) is 31.4 Å². The molecule has 0 fully saturated rings. The quantitative estimate of drug-likeness (QED) is 0.500. The van der Waals surface area contributed by atoms with Crippen molar-refractivity contribution in [3.63, 3.8) is 0 Å². The molecule has 0 saturated carbocycles. The highest BCUT2D eigenvalue weighted by atomic mass is 16.6. The van der Waals surface area contributed by atoms with Crippen LogP contribution in [0.3, 0.4) is 0 Å². The Morgan fingerprint density at radius 3 is 2.50 bits per heavy atom. The van der Waals surface area contributed by atoms with Gasteiger partial charge in [0.1, 0.15) is 0 Å². The van der Waals surface area contributed by atoms with Gasteiger partial charge in [0.2, 0.25) is 6.10 Å². The van der Waals surface area contributed by atoms with Gasteiger partial charge in [0.05, 0.1) is 13.5 Å². The van der Waals surface area contributed by atoms with Gasteiger partial charge in [-0.15, -0.1) is 0 Å². The standard InChI is InChI=1S/C14H14O8/c1-21-10-6-8(2-4-9(10)15)3-5-13(18)22-11(14(19)20)7-12(16)17/h2-6,11,15H,7H2,1H3,(H,16,17)(H,19,20). The molecule has 0 amide bonds. The number of ether oxygens (including phenoxy) is 2. The number of hydrogen-bond acceptors (Lipinski definition) is 6. The zero-order chi connectivity index (χ0) is 16.7. The van der Waals surface area contributed by atoms with Gasteiger partial charge in [0, 0.05) is 6.08 Å². The molecule has 3 N–H and O–H groups in total. The molecule has 1 rings (SSSR count). The number of carbonyl (C=O) groups is 3. The van der Waals surface area contributed by atoms with Gasteiger partial charge in [-0.3, -0.25) is 4.79 Å². The Morgan fingerprint density at radius 2 is 1.95 bits per heavy atom. The number of carboxylic acid groups (broad SMARTS) is 2. The van der Waals surface area contributed by atoms with Crippen LogP contribution < -0.4 is 4.74 Å². The predicted molar refractivity (Wildman–Crippen MR) is 73.5 cm³/mol. The van der Waals surface area contributed by atoms with Gasteiger partial charge >= 0.3 is 17.9 Å². The van der Waals surface area contributed by atoms with Crippen molar-refractivity contribution in [2.45, 2.75) is 12.5 Å². The molecule has 0 aromatic heterocycles. The molecule has 0 spiro atoms. The normalized spacial score (nSPS) is 11.9. The fraction of sp³-hybridized carbons (Fsp3) is 0.214. The molecular formula is C14H14O8. The summed E-state index contributed by atoms with van der Waals surface area (Å²) in [6.45, 7) is 0. The summed E-state index contributed by atoms with van der Waals surface area (Å²) in [5.41, 5.74) is 0.497.